The Morgan fingerprint density at radius 1 is 0.931 bits per heavy atom. The van der Waals surface area contributed by atoms with Crippen LogP contribution in [0.2, 0.25) is 0 Å². The normalized spacial score (nSPS) is 18.6. The molecule has 2 aliphatic rings. The van der Waals surface area contributed by atoms with Gasteiger partial charge in [0.1, 0.15) is 5.75 Å². The van der Waals surface area contributed by atoms with E-state index >= 15 is 0 Å². The highest BCUT2D eigenvalue weighted by atomic mass is 32.2. The highest BCUT2D eigenvalue weighted by molar-refractivity contribution is 8.16. The minimum absolute atomic E-state index is 0.0758. The van der Waals surface area contributed by atoms with Gasteiger partial charge in [-0.3, -0.25) is 9.69 Å². The van der Waals surface area contributed by atoms with Crippen LogP contribution in [0.5, 0.6) is 5.75 Å². The zero-order valence-corrected chi connectivity index (χ0v) is 18.3. The van der Waals surface area contributed by atoms with Gasteiger partial charge in [0.05, 0.1) is 4.58 Å². The summed E-state index contributed by atoms with van der Waals surface area (Å²) in [5.74, 6) is 3.33. The van der Waals surface area contributed by atoms with Crippen molar-refractivity contribution in [3.63, 3.8) is 0 Å². The quantitative estimate of drug-likeness (QED) is 0.686. The summed E-state index contributed by atoms with van der Waals surface area (Å²) < 4.78 is 6.30. The third-order valence-electron chi connectivity index (χ3n) is 5.32. The van der Waals surface area contributed by atoms with Gasteiger partial charge in [0.15, 0.2) is 6.61 Å². The fourth-order valence-corrected chi connectivity index (χ4v) is 6.53. The van der Waals surface area contributed by atoms with Crippen molar-refractivity contribution >= 4 is 29.4 Å². The number of nitrogens with zero attached hydrogens (tertiary/aromatic N) is 2. The van der Waals surface area contributed by atoms with Gasteiger partial charge >= 0.3 is 0 Å². The van der Waals surface area contributed by atoms with E-state index in [1.807, 2.05) is 46.6 Å². The molecule has 1 amide bonds. The Balaban J connectivity index is 1.20. The molecule has 0 saturated carbocycles. The Morgan fingerprint density at radius 2 is 1.62 bits per heavy atom. The lowest BCUT2D eigenvalue weighted by Crippen LogP contribution is -2.49. The minimum Gasteiger partial charge on any atom is -0.484 e. The zero-order chi connectivity index (χ0) is 19.9. The van der Waals surface area contributed by atoms with E-state index < -0.39 is 0 Å². The van der Waals surface area contributed by atoms with E-state index in [2.05, 4.69) is 41.3 Å². The van der Waals surface area contributed by atoms with Gasteiger partial charge in [0.25, 0.3) is 5.91 Å². The molecular formula is C23H28N2O2S2. The molecule has 2 aliphatic heterocycles. The van der Waals surface area contributed by atoms with Crippen molar-refractivity contribution in [1.29, 1.82) is 0 Å². The number of ether oxygens (including phenoxy) is 1. The van der Waals surface area contributed by atoms with Crippen LogP contribution < -0.4 is 4.74 Å². The summed E-state index contributed by atoms with van der Waals surface area (Å²) in [6.45, 7) is 4.42. The smallest absolute Gasteiger partial charge is 0.260 e. The maximum atomic E-state index is 12.5. The van der Waals surface area contributed by atoms with E-state index in [1.165, 1.54) is 29.1 Å². The maximum absolute atomic E-state index is 12.5. The number of carbonyl (C=O) groups excluding carboxylic acids is 1. The van der Waals surface area contributed by atoms with Crippen molar-refractivity contribution in [2.24, 2.45) is 0 Å². The van der Waals surface area contributed by atoms with E-state index in [9.17, 15) is 4.79 Å². The Morgan fingerprint density at radius 3 is 2.31 bits per heavy atom. The molecule has 0 spiro atoms. The lowest BCUT2D eigenvalue weighted by Gasteiger charge is -2.34. The molecule has 0 bridgehead atoms. The summed E-state index contributed by atoms with van der Waals surface area (Å²) in [4.78, 5) is 16.9. The second kappa shape index (κ2) is 10.4. The van der Waals surface area contributed by atoms with E-state index in [0.29, 0.717) is 4.58 Å². The average Bonchev–Trinajstić information content (AvgIpc) is 2.80. The first-order valence-electron chi connectivity index (χ1n) is 10.3. The van der Waals surface area contributed by atoms with Gasteiger partial charge in [0, 0.05) is 32.7 Å². The number of benzene rings is 2. The molecule has 4 nitrogen and oxygen atoms in total. The molecule has 2 heterocycles. The molecule has 0 aromatic heterocycles. The predicted octanol–water partition coefficient (Wildman–Crippen LogP) is 4.28. The minimum atomic E-state index is 0.0758. The molecule has 2 fully saturated rings. The summed E-state index contributed by atoms with van der Waals surface area (Å²) in [5.41, 5.74) is 2.66. The van der Waals surface area contributed by atoms with Crippen molar-refractivity contribution in [3.8, 4) is 5.75 Å². The molecular weight excluding hydrogens is 400 g/mol. The third-order valence-corrected chi connectivity index (χ3v) is 8.33. The van der Waals surface area contributed by atoms with E-state index in [0.717, 1.165) is 38.5 Å². The summed E-state index contributed by atoms with van der Waals surface area (Å²) in [5, 5.41) is 0. The van der Waals surface area contributed by atoms with Crippen molar-refractivity contribution in [2.45, 2.75) is 17.5 Å². The molecule has 2 saturated heterocycles. The molecule has 2 aromatic rings. The van der Waals surface area contributed by atoms with Crippen LogP contribution in [-0.4, -0.2) is 60.0 Å². The fourth-order valence-electron chi connectivity index (χ4n) is 3.63. The Kier molecular flexibility index (Phi) is 7.41. The van der Waals surface area contributed by atoms with Crippen molar-refractivity contribution in [1.82, 2.24) is 9.80 Å². The Bertz CT molecular complexity index is 771. The summed E-state index contributed by atoms with van der Waals surface area (Å²) >= 11 is 4.03. The molecule has 6 heteroatoms. The van der Waals surface area contributed by atoms with Gasteiger partial charge in [-0.1, -0.05) is 42.5 Å². The first-order valence-corrected chi connectivity index (χ1v) is 12.4. The van der Waals surface area contributed by atoms with Gasteiger partial charge < -0.3 is 9.64 Å². The Hall–Kier alpha value is -1.63. The van der Waals surface area contributed by atoms with E-state index in [-0.39, 0.29) is 12.5 Å². The van der Waals surface area contributed by atoms with Crippen LogP contribution in [0.15, 0.2) is 54.6 Å². The SMILES string of the molecule is O=C(COc1ccc(C2SCCCS2)cc1)N1CCN(Cc2ccccc2)CC1. The average molecular weight is 429 g/mol. The second-order valence-electron chi connectivity index (χ2n) is 7.43. The molecule has 0 atom stereocenters. The van der Waals surface area contributed by atoms with Crippen LogP contribution in [0.25, 0.3) is 0 Å². The van der Waals surface area contributed by atoms with Crippen LogP contribution >= 0.6 is 23.5 Å². The van der Waals surface area contributed by atoms with Gasteiger partial charge in [0.2, 0.25) is 0 Å². The molecule has 0 unspecified atom stereocenters. The van der Waals surface area contributed by atoms with Gasteiger partial charge in [-0.2, -0.15) is 0 Å². The number of rotatable bonds is 6. The standard InChI is InChI=1S/C23H28N2O2S2/c26-22(25-13-11-24(12-14-25)17-19-5-2-1-3-6-19)18-27-21-9-7-20(8-10-21)23-28-15-4-16-29-23/h1-3,5-10,23H,4,11-18H2. The first-order chi connectivity index (χ1) is 14.3. The predicted molar refractivity (Wildman–Crippen MR) is 123 cm³/mol. The highest BCUT2D eigenvalue weighted by Gasteiger charge is 2.21. The number of hydrogen-bond donors (Lipinski definition) is 0. The Labute approximate surface area is 182 Å². The summed E-state index contributed by atoms with van der Waals surface area (Å²) in [7, 11) is 0. The zero-order valence-electron chi connectivity index (χ0n) is 16.7. The van der Waals surface area contributed by atoms with Gasteiger partial charge in [-0.05, 0) is 41.2 Å². The molecule has 4 rings (SSSR count). The third kappa shape index (κ3) is 5.93. The van der Waals surface area contributed by atoms with Gasteiger partial charge in [-0.25, -0.2) is 0 Å². The molecule has 2 aromatic carbocycles. The monoisotopic (exact) mass is 428 g/mol. The fraction of sp³-hybridized carbons (Fsp3) is 0.435. The topological polar surface area (TPSA) is 32.8 Å². The van der Waals surface area contributed by atoms with Crippen LogP contribution in [0.1, 0.15) is 22.1 Å². The van der Waals surface area contributed by atoms with Crippen LogP contribution in [0, 0.1) is 0 Å². The van der Waals surface area contributed by atoms with E-state index in [1.54, 1.807) is 0 Å². The molecule has 29 heavy (non-hydrogen) atoms. The molecule has 0 radical (unpaired) electrons. The molecule has 0 N–H and O–H groups in total. The molecule has 154 valence electrons. The van der Waals surface area contributed by atoms with Crippen LogP contribution in [0.4, 0.5) is 0 Å². The molecule has 0 aliphatic carbocycles. The highest BCUT2D eigenvalue weighted by Crippen LogP contribution is 2.43. The second-order valence-corrected chi connectivity index (χ2v) is 10.2. The largest absolute Gasteiger partial charge is 0.484 e. The van der Waals surface area contributed by atoms with Crippen molar-refractivity contribution < 1.29 is 9.53 Å². The summed E-state index contributed by atoms with van der Waals surface area (Å²) in [6.07, 6.45) is 1.30. The van der Waals surface area contributed by atoms with E-state index in [4.69, 9.17) is 4.74 Å². The number of thioether (sulfide) groups is 2. The van der Waals surface area contributed by atoms with Crippen LogP contribution in [-0.2, 0) is 11.3 Å². The number of hydrogen-bond acceptors (Lipinski definition) is 5. The number of piperazine rings is 1. The number of amides is 1. The first kappa shape index (κ1) is 20.6. The summed E-state index contributed by atoms with van der Waals surface area (Å²) in [6, 6.07) is 18.8. The lowest BCUT2D eigenvalue weighted by molar-refractivity contribution is -0.135. The lowest BCUT2D eigenvalue weighted by atomic mass is 10.2. The number of carbonyl (C=O) groups is 1. The maximum Gasteiger partial charge on any atom is 0.260 e. The van der Waals surface area contributed by atoms with Crippen molar-refractivity contribution in [3.05, 3.63) is 65.7 Å². The van der Waals surface area contributed by atoms with Crippen molar-refractivity contribution in [2.75, 3.05) is 44.3 Å². The van der Waals surface area contributed by atoms with Crippen LogP contribution in [0.3, 0.4) is 0 Å². The van der Waals surface area contributed by atoms with Gasteiger partial charge in [-0.15, -0.1) is 23.5 Å².